The van der Waals surface area contributed by atoms with Gasteiger partial charge in [0.1, 0.15) is 5.82 Å². The lowest BCUT2D eigenvalue weighted by molar-refractivity contribution is -0.117. The molecule has 1 N–H and O–H groups in total. The quantitative estimate of drug-likeness (QED) is 0.500. The summed E-state index contributed by atoms with van der Waals surface area (Å²) in [6.45, 7) is -1.18. The minimum Gasteiger partial charge on any atom is -0.465 e. The molecular weight excluding hydrogens is 380 g/mol. The molecule has 0 spiro atoms. The third-order valence-corrected chi connectivity index (χ3v) is 4.32. The third kappa shape index (κ3) is 4.48. The third-order valence-electron chi connectivity index (χ3n) is 4.32. The van der Waals surface area contributed by atoms with E-state index < -0.39 is 24.5 Å². The Balaban J connectivity index is 1.72. The van der Waals surface area contributed by atoms with Crippen molar-refractivity contribution >= 4 is 29.0 Å². The van der Waals surface area contributed by atoms with E-state index in [-0.39, 0.29) is 5.82 Å². The lowest BCUT2D eigenvalue weighted by Crippen LogP contribution is -2.27. The predicted octanol–water partition coefficient (Wildman–Crippen LogP) is 4.11. The Labute approximate surface area is 165 Å². The maximum absolute atomic E-state index is 13.5. The summed E-state index contributed by atoms with van der Waals surface area (Å²) in [5, 5.41) is 2.64. The van der Waals surface area contributed by atoms with Gasteiger partial charge in [0, 0.05) is 6.08 Å². The van der Waals surface area contributed by atoms with Crippen molar-refractivity contribution in [2.24, 2.45) is 0 Å². The predicted molar refractivity (Wildman–Crippen MR) is 104 cm³/mol. The summed E-state index contributed by atoms with van der Waals surface area (Å²) in [4.78, 5) is 27.9. The molecule has 1 unspecified atom stereocenters. The first-order valence-electron chi connectivity index (χ1n) is 8.82. The molecule has 0 fully saturated rings. The van der Waals surface area contributed by atoms with E-state index in [9.17, 15) is 18.4 Å². The molecule has 0 radical (unpaired) electrons. The van der Waals surface area contributed by atoms with Gasteiger partial charge in [0.2, 0.25) is 5.91 Å². The van der Waals surface area contributed by atoms with Crippen LogP contribution in [0.25, 0.3) is 17.1 Å². The van der Waals surface area contributed by atoms with E-state index in [0.717, 1.165) is 4.57 Å². The Morgan fingerprint density at radius 2 is 1.83 bits per heavy atom. The number of carbonyl (C=O) groups is 2. The van der Waals surface area contributed by atoms with E-state index in [0.29, 0.717) is 22.2 Å². The summed E-state index contributed by atoms with van der Waals surface area (Å²) in [7, 11) is 1.30. The Hall–Kier alpha value is -3.55. The molecule has 29 heavy (non-hydrogen) atoms. The van der Waals surface area contributed by atoms with Crippen LogP contribution in [0.1, 0.15) is 41.3 Å². The van der Waals surface area contributed by atoms with Crippen LogP contribution in [0.5, 0.6) is 0 Å². The maximum Gasteiger partial charge on any atom is 0.337 e. The molecule has 150 valence electrons. The average Bonchev–Trinajstić information content (AvgIpc) is 3.12. The molecular formula is C21H19F2N3O3. The first kappa shape index (κ1) is 20.2. The summed E-state index contributed by atoms with van der Waals surface area (Å²) in [6.07, 6.45) is 2.85. The van der Waals surface area contributed by atoms with E-state index in [2.05, 4.69) is 15.0 Å². The number of imidazole rings is 1. The fraction of sp³-hybridized carbons (Fsp3) is 0.190. The zero-order valence-electron chi connectivity index (χ0n) is 15.8. The van der Waals surface area contributed by atoms with Crippen LogP contribution in [0.2, 0.25) is 0 Å². The normalized spacial score (nSPS) is 12.4. The summed E-state index contributed by atoms with van der Waals surface area (Å²) in [5.74, 6) is -0.832. The maximum atomic E-state index is 13.5. The summed E-state index contributed by atoms with van der Waals surface area (Å²) >= 11 is 0. The van der Waals surface area contributed by atoms with Gasteiger partial charge in [-0.05, 0) is 42.8 Å². The molecule has 3 aromatic rings. The van der Waals surface area contributed by atoms with Gasteiger partial charge in [-0.2, -0.15) is 8.78 Å². The molecule has 1 amide bonds. The van der Waals surface area contributed by atoms with Gasteiger partial charge in [0.05, 0.1) is 29.7 Å². The fourth-order valence-corrected chi connectivity index (χ4v) is 2.92. The molecule has 0 saturated heterocycles. The number of rotatable bonds is 6. The van der Waals surface area contributed by atoms with Crippen molar-refractivity contribution in [2.45, 2.75) is 19.5 Å². The fourth-order valence-electron chi connectivity index (χ4n) is 2.92. The molecule has 1 atom stereocenters. The molecule has 3 rings (SSSR count). The first-order valence-corrected chi connectivity index (χ1v) is 8.82. The van der Waals surface area contributed by atoms with E-state index >= 15 is 0 Å². The Morgan fingerprint density at radius 3 is 2.48 bits per heavy atom. The largest absolute Gasteiger partial charge is 0.465 e. The van der Waals surface area contributed by atoms with Crippen LogP contribution < -0.4 is 5.32 Å². The number of ether oxygens (including phenoxy) is 1. The van der Waals surface area contributed by atoms with Crippen LogP contribution in [-0.4, -0.2) is 28.5 Å². The SMILES string of the molecule is COC(=O)c1ccc(/C=C/C(=O)NC(C)c2nc3ccccc3n2C(F)F)cc1. The monoisotopic (exact) mass is 399 g/mol. The molecule has 0 bridgehead atoms. The standard InChI is InChI=1S/C21H19F2N3O3/c1-13(19-25-16-5-3-4-6-17(16)26(19)21(22)23)24-18(27)12-9-14-7-10-15(11-8-14)20(28)29-2/h3-13,21H,1-2H3,(H,24,27)/b12-9+. The minimum atomic E-state index is -2.78. The highest BCUT2D eigenvalue weighted by atomic mass is 19.3. The topological polar surface area (TPSA) is 73.2 Å². The van der Waals surface area contributed by atoms with Crippen molar-refractivity contribution in [2.75, 3.05) is 7.11 Å². The molecule has 8 heteroatoms. The number of methoxy groups -OCH3 is 1. The highest BCUT2D eigenvalue weighted by molar-refractivity contribution is 5.92. The van der Waals surface area contributed by atoms with E-state index in [1.807, 2.05) is 0 Å². The molecule has 0 aliphatic heterocycles. The molecule has 2 aromatic carbocycles. The molecule has 6 nitrogen and oxygen atoms in total. The highest BCUT2D eigenvalue weighted by Gasteiger charge is 2.22. The zero-order valence-corrected chi connectivity index (χ0v) is 15.8. The van der Waals surface area contributed by atoms with Gasteiger partial charge in [0.25, 0.3) is 0 Å². The van der Waals surface area contributed by atoms with Crippen LogP contribution in [0.15, 0.2) is 54.6 Å². The number of hydrogen-bond acceptors (Lipinski definition) is 4. The number of hydrogen-bond donors (Lipinski definition) is 1. The second-order valence-electron chi connectivity index (χ2n) is 6.28. The highest BCUT2D eigenvalue weighted by Crippen LogP contribution is 2.26. The number of nitrogens with one attached hydrogen (secondary N) is 1. The number of alkyl halides is 2. The van der Waals surface area contributed by atoms with Crippen molar-refractivity contribution in [3.63, 3.8) is 0 Å². The first-order chi connectivity index (χ1) is 13.9. The van der Waals surface area contributed by atoms with Gasteiger partial charge >= 0.3 is 12.5 Å². The lowest BCUT2D eigenvalue weighted by atomic mass is 10.1. The number of amides is 1. The van der Waals surface area contributed by atoms with Crippen molar-refractivity contribution in [1.29, 1.82) is 0 Å². The number of benzene rings is 2. The van der Waals surface area contributed by atoms with Crippen molar-refractivity contribution in [1.82, 2.24) is 14.9 Å². The average molecular weight is 399 g/mol. The number of esters is 1. The van der Waals surface area contributed by atoms with Crippen LogP contribution >= 0.6 is 0 Å². The number of aromatic nitrogens is 2. The number of carbonyl (C=O) groups excluding carboxylic acids is 2. The summed E-state index contributed by atoms with van der Waals surface area (Å²) in [6, 6.07) is 12.3. The number of halogens is 2. The second-order valence-corrected chi connectivity index (χ2v) is 6.28. The van der Waals surface area contributed by atoms with Crippen molar-refractivity contribution in [3.8, 4) is 0 Å². The molecule has 0 saturated carbocycles. The van der Waals surface area contributed by atoms with Crippen LogP contribution in [0.3, 0.4) is 0 Å². The molecule has 1 heterocycles. The van der Waals surface area contributed by atoms with Crippen LogP contribution in [0, 0.1) is 0 Å². The van der Waals surface area contributed by atoms with Crippen molar-refractivity contribution < 1.29 is 23.1 Å². The number of para-hydroxylation sites is 2. The number of nitrogens with zero attached hydrogens (tertiary/aromatic N) is 2. The Morgan fingerprint density at radius 1 is 1.14 bits per heavy atom. The molecule has 1 aromatic heterocycles. The smallest absolute Gasteiger partial charge is 0.337 e. The molecule has 0 aliphatic rings. The Kier molecular flexibility index (Phi) is 6.01. The van der Waals surface area contributed by atoms with Gasteiger partial charge in [-0.15, -0.1) is 0 Å². The summed E-state index contributed by atoms with van der Waals surface area (Å²) in [5.41, 5.74) is 1.83. The summed E-state index contributed by atoms with van der Waals surface area (Å²) < 4.78 is 32.5. The van der Waals surface area contributed by atoms with Gasteiger partial charge in [-0.3, -0.25) is 9.36 Å². The van der Waals surface area contributed by atoms with Gasteiger partial charge in [0.15, 0.2) is 0 Å². The number of fused-ring (bicyclic) bond motifs is 1. The van der Waals surface area contributed by atoms with Gasteiger partial charge < -0.3 is 10.1 Å². The van der Waals surface area contributed by atoms with Gasteiger partial charge in [-0.25, -0.2) is 9.78 Å². The van der Waals surface area contributed by atoms with Crippen molar-refractivity contribution in [3.05, 3.63) is 71.6 Å². The van der Waals surface area contributed by atoms with Crippen LogP contribution in [-0.2, 0) is 9.53 Å². The van der Waals surface area contributed by atoms with E-state index in [1.54, 1.807) is 61.5 Å². The Bertz CT molecular complexity index is 1060. The van der Waals surface area contributed by atoms with Gasteiger partial charge in [-0.1, -0.05) is 24.3 Å². The van der Waals surface area contributed by atoms with E-state index in [1.165, 1.54) is 13.2 Å². The second kappa shape index (κ2) is 8.64. The lowest BCUT2D eigenvalue weighted by Gasteiger charge is -2.14. The minimum absolute atomic E-state index is 0.0744. The zero-order chi connectivity index (χ0) is 21.0. The molecule has 0 aliphatic carbocycles. The van der Waals surface area contributed by atoms with Crippen LogP contribution in [0.4, 0.5) is 8.78 Å². The van der Waals surface area contributed by atoms with E-state index in [4.69, 9.17) is 0 Å².